The summed E-state index contributed by atoms with van der Waals surface area (Å²) in [6, 6.07) is 0. The Labute approximate surface area is 110 Å². The lowest BCUT2D eigenvalue weighted by molar-refractivity contribution is 0.199. The van der Waals surface area contributed by atoms with Crippen LogP contribution < -0.4 is 5.32 Å². The van der Waals surface area contributed by atoms with Crippen LogP contribution in [-0.4, -0.2) is 41.0 Å². The van der Waals surface area contributed by atoms with E-state index in [4.69, 9.17) is 0 Å². The fraction of sp³-hybridized carbons (Fsp3) is 0.786. The molecule has 2 rings (SSSR count). The number of piperidine rings is 1. The molecule has 1 saturated heterocycles. The van der Waals surface area contributed by atoms with Crippen LogP contribution in [0.15, 0.2) is 6.33 Å². The second-order valence-corrected chi connectivity index (χ2v) is 5.57. The number of nitrogens with zero attached hydrogens (tertiary/aromatic N) is 2. The Morgan fingerprint density at radius 2 is 2.17 bits per heavy atom. The highest BCUT2D eigenvalue weighted by atomic mass is 15.1. The molecule has 1 aromatic heterocycles. The first-order valence-corrected chi connectivity index (χ1v) is 7.17. The summed E-state index contributed by atoms with van der Waals surface area (Å²) in [5.74, 6) is 0.711. The Morgan fingerprint density at radius 1 is 1.39 bits per heavy atom. The van der Waals surface area contributed by atoms with E-state index in [9.17, 15) is 0 Å². The maximum Gasteiger partial charge on any atom is 0.0925 e. The number of aromatic amines is 1. The number of imidazole rings is 1. The molecule has 18 heavy (non-hydrogen) atoms. The summed E-state index contributed by atoms with van der Waals surface area (Å²) in [5.41, 5.74) is 2.31. The number of hydrogen-bond donors (Lipinski definition) is 2. The molecule has 1 aliphatic heterocycles. The van der Waals surface area contributed by atoms with E-state index in [-0.39, 0.29) is 0 Å². The lowest BCUT2D eigenvalue weighted by Crippen LogP contribution is -2.36. The summed E-state index contributed by atoms with van der Waals surface area (Å²) in [7, 11) is 0. The van der Waals surface area contributed by atoms with Crippen LogP contribution in [-0.2, 0) is 6.54 Å². The minimum Gasteiger partial charge on any atom is -0.348 e. The predicted octanol–water partition coefficient (Wildman–Crippen LogP) is 1.93. The van der Waals surface area contributed by atoms with Gasteiger partial charge in [0.2, 0.25) is 0 Å². The monoisotopic (exact) mass is 250 g/mol. The highest BCUT2D eigenvalue weighted by Crippen LogP contribution is 2.10. The van der Waals surface area contributed by atoms with Crippen molar-refractivity contribution in [3.05, 3.63) is 17.7 Å². The molecule has 0 aliphatic carbocycles. The molecule has 4 heteroatoms. The number of rotatable bonds is 6. The molecule has 1 aromatic rings. The average Bonchev–Trinajstić information content (AvgIpc) is 2.76. The zero-order valence-corrected chi connectivity index (χ0v) is 11.7. The maximum atomic E-state index is 4.30. The van der Waals surface area contributed by atoms with Crippen LogP contribution in [0, 0.1) is 12.8 Å². The van der Waals surface area contributed by atoms with Gasteiger partial charge in [0.25, 0.3) is 0 Å². The van der Waals surface area contributed by atoms with E-state index in [0.29, 0.717) is 5.92 Å². The SMILES string of the molecule is Cc1[nH]cnc1CNCC(C)CN1CCCCC1. The van der Waals surface area contributed by atoms with Gasteiger partial charge in [-0.25, -0.2) is 4.98 Å². The Balaban J connectivity index is 1.62. The van der Waals surface area contributed by atoms with Gasteiger partial charge in [0.1, 0.15) is 0 Å². The van der Waals surface area contributed by atoms with E-state index in [0.717, 1.165) is 18.8 Å². The third-order valence-electron chi connectivity index (χ3n) is 3.74. The van der Waals surface area contributed by atoms with Crippen molar-refractivity contribution >= 4 is 0 Å². The van der Waals surface area contributed by atoms with Gasteiger partial charge in [-0.05, 0) is 45.3 Å². The van der Waals surface area contributed by atoms with Crippen molar-refractivity contribution in [2.75, 3.05) is 26.2 Å². The van der Waals surface area contributed by atoms with Crippen LogP contribution in [0.25, 0.3) is 0 Å². The van der Waals surface area contributed by atoms with Crippen molar-refractivity contribution in [1.29, 1.82) is 0 Å². The molecule has 0 saturated carbocycles. The standard InChI is InChI=1S/C14H26N4/c1-12(10-18-6-4-3-5-7-18)8-15-9-14-13(2)16-11-17-14/h11-12,15H,3-10H2,1-2H3,(H,16,17). The lowest BCUT2D eigenvalue weighted by Gasteiger charge is -2.29. The Kier molecular flexibility index (Phi) is 5.20. The van der Waals surface area contributed by atoms with Gasteiger partial charge < -0.3 is 15.2 Å². The van der Waals surface area contributed by atoms with Gasteiger partial charge in [-0.1, -0.05) is 13.3 Å². The van der Waals surface area contributed by atoms with Crippen molar-refractivity contribution in [2.45, 2.75) is 39.7 Å². The third-order valence-corrected chi connectivity index (χ3v) is 3.74. The summed E-state index contributed by atoms with van der Waals surface area (Å²) in [6.07, 6.45) is 5.95. The zero-order valence-electron chi connectivity index (χ0n) is 11.7. The van der Waals surface area contributed by atoms with Crippen molar-refractivity contribution in [1.82, 2.24) is 20.2 Å². The lowest BCUT2D eigenvalue weighted by atomic mass is 10.1. The number of H-pyrrole nitrogens is 1. The molecule has 2 N–H and O–H groups in total. The van der Waals surface area contributed by atoms with Crippen molar-refractivity contribution in [3.63, 3.8) is 0 Å². The van der Waals surface area contributed by atoms with E-state index in [1.165, 1.54) is 44.6 Å². The molecule has 102 valence electrons. The topological polar surface area (TPSA) is 44.0 Å². The number of nitrogens with one attached hydrogen (secondary N) is 2. The van der Waals surface area contributed by atoms with E-state index >= 15 is 0 Å². The van der Waals surface area contributed by atoms with Gasteiger partial charge in [0.05, 0.1) is 12.0 Å². The molecule has 0 bridgehead atoms. The van der Waals surface area contributed by atoms with Crippen LogP contribution in [0.5, 0.6) is 0 Å². The van der Waals surface area contributed by atoms with Gasteiger partial charge in [0.15, 0.2) is 0 Å². The molecule has 0 amide bonds. The molecule has 1 aliphatic rings. The average molecular weight is 250 g/mol. The third kappa shape index (κ3) is 4.10. The van der Waals surface area contributed by atoms with Gasteiger partial charge in [-0.15, -0.1) is 0 Å². The molecular formula is C14H26N4. The highest BCUT2D eigenvalue weighted by molar-refractivity contribution is 5.07. The number of hydrogen-bond acceptors (Lipinski definition) is 3. The van der Waals surface area contributed by atoms with E-state index < -0.39 is 0 Å². The predicted molar refractivity (Wildman–Crippen MR) is 74.5 cm³/mol. The normalized spacial score (nSPS) is 19.0. The molecule has 1 atom stereocenters. The number of aryl methyl sites for hydroxylation is 1. The van der Waals surface area contributed by atoms with E-state index in [1.54, 1.807) is 6.33 Å². The van der Waals surface area contributed by atoms with Gasteiger partial charge >= 0.3 is 0 Å². The Bertz CT molecular complexity index is 341. The summed E-state index contributed by atoms with van der Waals surface area (Å²) in [4.78, 5) is 10.0. The second kappa shape index (κ2) is 6.90. The van der Waals surface area contributed by atoms with Crippen molar-refractivity contribution in [2.24, 2.45) is 5.92 Å². The summed E-state index contributed by atoms with van der Waals surface area (Å²) < 4.78 is 0. The molecular weight excluding hydrogens is 224 g/mol. The first-order valence-electron chi connectivity index (χ1n) is 7.17. The second-order valence-electron chi connectivity index (χ2n) is 5.57. The summed E-state index contributed by atoms with van der Waals surface area (Å²) in [6.45, 7) is 10.2. The van der Waals surface area contributed by atoms with Gasteiger partial charge in [-0.2, -0.15) is 0 Å². The highest BCUT2D eigenvalue weighted by Gasteiger charge is 2.13. The van der Waals surface area contributed by atoms with Crippen LogP contribution in [0.1, 0.15) is 37.6 Å². The smallest absolute Gasteiger partial charge is 0.0925 e. The molecule has 1 unspecified atom stereocenters. The molecule has 4 nitrogen and oxygen atoms in total. The van der Waals surface area contributed by atoms with Crippen molar-refractivity contribution in [3.8, 4) is 0 Å². The van der Waals surface area contributed by atoms with Crippen LogP contribution >= 0.6 is 0 Å². The fourth-order valence-corrected chi connectivity index (χ4v) is 2.65. The van der Waals surface area contributed by atoms with Crippen LogP contribution in [0.4, 0.5) is 0 Å². The minimum atomic E-state index is 0.711. The summed E-state index contributed by atoms with van der Waals surface area (Å²) >= 11 is 0. The summed E-state index contributed by atoms with van der Waals surface area (Å²) in [5, 5.41) is 3.51. The minimum absolute atomic E-state index is 0.711. The molecule has 2 heterocycles. The van der Waals surface area contributed by atoms with Gasteiger partial charge in [0, 0.05) is 18.8 Å². The van der Waals surface area contributed by atoms with Crippen molar-refractivity contribution < 1.29 is 0 Å². The number of aromatic nitrogens is 2. The van der Waals surface area contributed by atoms with Crippen LogP contribution in [0.2, 0.25) is 0 Å². The quantitative estimate of drug-likeness (QED) is 0.811. The molecule has 0 aromatic carbocycles. The first kappa shape index (κ1) is 13.6. The largest absolute Gasteiger partial charge is 0.348 e. The Hall–Kier alpha value is -0.870. The molecule has 0 spiro atoms. The fourth-order valence-electron chi connectivity index (χ4n) is 2.65. The maximum absolute atomic E-state index is 4.30. The van der Waals surface area contributed by atoms with Crippen LogP contribution in [0.3, 0.4) is 0 Å². The zero-order chi connectivity index (χ0) is 12.8. The number of likely N-dealkylation sites (tertiary alicyclic amines) is 1. The Morgan fingerprint density at radius 3 is 2.83 bits per heavy atom. The van der Waals surface area contributed by atoms with E-state index in [1.807, 2.05) is 0 Å². The van der Waals surface area contributed by atoms with E-state index in [2.05, 4.69) is 34.0 Å². The molecule has 1 fully saturated rings. The van der Waals surface area contributed by atoms with Gasteiger partial charge in [-0.3, -0.25) is 0 Å². The first-order chi connectivity index (χ1) is 8.75. The molecule has 0 radical (unpaired) electrons.